The molecule has 1 aliphatic rings. The van der Waals surface area contributed by atoms with Crippen molar-refractivity contribution in [3.63, 3.8) is 0 Å². The summed E-state index contributed by atoms with van der Waals surface area (Å²) in [5.74, 6) is 0. The van der Waals surface area contributed by atoms with Crippen LogP contribution in [-0.2, 0) is 19.0 Å². The summed E-state index contributed by atoms with van der Waals surface area (Å²) in [7, 11) is 0. The van der Waals surface area contributed by atoms with Gasteiger partial charge in [0.25, 0.3) is 0 Å². The van der Waals surface area contributed by atoms with Gasteiger partial charge in [-0.2, -0.15) is 0 Å². The average molecular weight is 220 g/mol. The van der Waals surface area contributed by atoms with Gasteiger partial charge in [0.2, 0.25) is 0 Å². The molecule has 0 bridgehead atoms. The average Bonchev–Trinajstić information content (AvgIpc) is 2.57. The maximum Gasteiger partial charge on any atom is 0.189 e. The van der Waals surface area contributed by atoms with Crippen molar-refractivity contribution in [1.29, 1.82) is 0 Å². The van der Waals surface area contributed by atoms with E-state index in [1.54, 1.807) is 13.8 Å². The predicted octanol–water partition coefficient (Wildman–Crippen LogP) is -0.969. The van der Waals surface area contributed by atoms with Gasteiger partial charge in [0, 0.05) is 0 Å². The van der Waals surface area contributed by atoms with E-state index < -0.39 is 30.9 Å². The van der Waals surface area contributed by atoms with Gasteiger partial charge in [0.15, 0.2) is 18.9 Å². The third-order valence-corrected chi connectivity index (χ3v) is 2.14. The molecule has 6 nitrogen and oxygen atoms in total. The molecule has 0 spiro atoms. The van der Waals surface area contributed by atoms with Gasteiger partial charge in [-0.3, -0.25) is 0 Å². The molecule has 5 unspecified atom stereocenters. The zero-order valence-electron chi connectivity index (χ0n) is 8.70. The van der Waals surface area contributed by atoms with E-state index in [0.29, 0.717) is 6.29 Å². The highest BCUT2D eigenvalue weighted by atomic mass is 16.8. The fourth-order valence-electron chi connectivity index (χ4n) is 1.27. The first kappa shape index (κ1) is 12.5. The Morgan fingerprint density at radius 1 is 1.53 bits per heavy atom. The maximum absolute atomic E-state index is 10.3. The van der Waals surface area contributed by atoms with Crippen LogP contribution in [0.3, 0.4) is 0 Å². The van der Waals surface area contributed by atoms with Crippen LogP contribution < -0.4 is 0 Å². The van der Waals surface area contributed by atoms with Gasteiger partial charge in [-0.25, -0.2) is 0 Å². The Hall–Kier alpha value is -0.530. The molecule has 1 heterocycles. The number of aliphatic hydroxyl groups excluding tert-OH is 2. The molecule has 0 aromatic carbocycles. The second kappa shape index (κ2) is 5.53. The van der Waals surface area contributed by atoms with Crippen LogP contribution in [0.2, 0.25) is 0 Å². The van der Waals surface area contributed by atoms with Crippen LogP contribution in [-0.4, -0.2) is 54.0 Å². The number of hydrogen-bond acceptors (Lipinski definition) is 6. The Balaban J connectivity index is 2.46. The minimum absolute atomic E-state index is 0.237. The van der Waals surface area contributed by atoms with E-state index >= 15 is 0 Å². The third kappa shape index (κ3) is 3.22. The summed E-state index contributed by atoms with van der Waals surface area (Å²) in [5, 5.41) is 18.1. The Bertz CT molecular complexity index is 209. The summed E-state index contributed by atoms with van der Waals surface area (Å²) >= 11 is 0. The molecule has 88 valence electrons. The topological polar surface area (TPSA) is 85.2 Å². The van der Waals surface area contributed by atoms with E-state index in [0.717, 1.165) is 0 Å². The number of rotatable bonds is 5. The standard InChI is InChI=1S/C9H16O6/c1-5(7(12)3-10)13-9-8(4-11)14-6(2)15-9/h3,5-9,11-12H,4H2,1-2H3. The minimum Gasteiger partial charge on any atom is -0.393 e. The summed E-state index contributed by atoms with van der Waals surface area (Å²) in [6.45, 7) is 2.98. The fraction of sp³-hybridized carbons (Fsp3) is 0.889. The molecule has 5 atom stereocenters. The van der Waals surface area contributed by atoms with Crippen molar-refractivity contribution in [3.8, 4) is 0 Å². The Kier molecular flexibility index (Phi) is 4.62. The Morgan fingerprint density at radius 3 is 2.73 bits per heavy atom. The SMILES string of the molecule is CC1OC(CO)C(OC(C)C(O)C=O)O1. The second-order valence-electron chi connectivity index (χ2n) is 3.40. The zero-order chi connectivity index (χ0) is 11.4. The molecule has 6 heteroatoms. The predicted molar refractivity (Wildman–Crippen MR) is 48.9 cm³/mol. The first-order valence-electron chi connectivity index (χ1n) is 4.79. The zero-order valence-corrected chi connectivity index (χ0v) is 8.70. The first-order valence-corrected chi connectivity index (χ1v) is 4.79. The highest BCUT2D eigenvalue weighted by molar-refractivity contribution is 5.56. The molecular formula is C9H16O6. The molecule has 1 fully saturated rings. The van der Waals surface area contributed by atoms with Crippen LogP contribution in [0.1, 0.15) is 13.8 Å². The quantitative estimate of drug-likeness (QED) is 0.580. The van der Waals surface area contributed by atoms with Crippen molar-refractivity contribution in [3.05, 3.63) is 0 Å². The number of aliphatic hydroxyl groups is 2. The molecule has 1 saturated heterocycles. The fourth-order valence-corrected chi connectivity index (χ4v) is 1.27. The molecule has 0 aromatic heterocycles. The normalized spacial score (nSPS) is 35.1. The van der Waals surface area contributed by atoms with E-state index in [2.05, 4.69) is 0 Å². The van der Waals surface area contributed by atoms with E-state index in [1.165, 1.54) is 0 Å². The van der Waals surface area contributed by atoms with Crippen molar-refractivity contribution in [2.75, 3.05) is 6.61 Å². The summed E-state index contributed by atoms with van der Waals surface area (Å²) < 4.78 is 15.6. The lowest BCUT2D eigenvalue weighted by Gasteiger charge is -2.21. The van der Waals surface area contributed by atoms with Gasteiger partial charge < -0.3 is 29.2 Å². The summed E-state index contributed by atoms with van der Waals surface area (Å²) in [6, 6.07) is 0. The van der Waals surface area contributed by atoms with Crippen LogP contribution in [0.4, 0.5) is 0 Å². The molecule has 0 saturated carbocycles. The molecule has 0 radical (unpaired) electrons. The van der Waals surface area contributed by atoms with Crippen LogP contribution in [0, 0.1) is 0 Å². The lowest BCUT2D eigenvalue weighted by atomic mass is 10.2. The lowest BCUT2D eigenvalue weighted by molar-refractivity contribution is -0.183. The van der Waals surface area contributed by atoms with Gasteiger partial charge in [-0.05, 0) is 13.8 Å². The van der Waals surface area contributed by atoms with Gasteiger partial charge in [-0.1, -0.05) is 0 Å². The number of hydrogen-bond donors (Lipinski definition) is 2. The van der Waals surface area contributed by atoms with Crippen molar-refractivity contribution < 1.29 is 29.2 Å². The number of ether oxygens (including phenoxy) is 3. The smallest absolute Gasteiger partial charge is 0.189 e. The van der Waals surface area contributed by atoms with Crippen molar-refractivity contribution in [2.45, 2.75) is 44.7 Å². The van der Waals surface area contributed by atoms with Gasteiger partial charge >= 0.3 is 0 Å². The molecule has 1 aliphatic heterocycles. The minimum atomic E-state index is -1.20. The van der Waals surface area contributed by atoms with Gasteiger partial charge in [-0.15, -0.1) is 0 Å². The summed E-state index contributed by atoms with van der Waals surface area (Å²) in [5.41, 5.74) is 0. The van der Waals surface area contributed by atoms with Crippen LogP contribution in [0.25, 0.3) is 0 Å². The number of carbonyl (C=O) groups excluding carboxylic acids is 1. The van der Waals surface area contributed by atoms with Crippen molar-refractivity contribution >= 4 is 6.29 Å². The largest absolute Gasteiger partial charge is 0.393 e. The van der Waals surface area contributed by atoms with Crippen molar-refractivity contribution in [1.82, 2.24) is 0 Å². The molecule has 2 N–H and O–H groups in total. The highest BCUT2D eigenvalue weighted by Crippen LogP contribution is 2.21. The first-order chi connectivity index (χ1) is 7.08. The molecular weight excluding hydrogens is 204 g/mol. The summed E-state index contributed by atoms with van der Waals surface area (Å²) in [6.07, 6.45) is -3.32. The summed E-state index contributed by atoms with van der Waals surface area (Å²) in [4.78, 5) is 10.3. The maximum atomic E-state index is 10.3. The monoisotopic (exact) mass is 220 g/mol. The van der Waals surface area contributed by atoms with E-state index in [1.807, 2.05) is 0 Å². The van der Waals surface area contributed by atoms with Crippen LogP contribution in [0.15, 0.2) is 0 Å². The Labute approximate surface area is 87.7 Å². The number of carbonyl (C=O) groups is 1. The van der Waals surface area contributed by atoms with Crippen LogP contribution in [0.5, 0.6) is 0 Å². The van der Waals surface area contributed by atoms with Crippen LogP contribution >= 0.6 is 0 Å². The molecule has 0 amide bonds. The van der Waals surface area contributed by atoms with Crippen molar-refractivity contribution in [2.24, 2.45) is 0 Å². The highest BCUT2D eigenvalue weighted by Gasteiger charge is 2.36. The lowest BCUT2D eigenvalue weighted by Crippen LogP contribution is -2.37. The van der Waals surface area contributed by atoms with E-state index in [-0.39, 0.29) is 6.61 Å². The molecule has 15 heavy (non-hydrogen) atoms. The molecule has 0 aromatic rings. The molecule has 1 rings (SSSR count). The van der Waals surface area contributed by atoms with Gasteiger partial charge in [0.1, 0.15) is 12.2 Å². The van der Waals surface area contributed by atoms with Gasteiger partial charge in [0.05, 0.1) is 12.7 Å². The Morgan fingerprint density at radius 2 is 2.20 bits per heavy atom. The number of aldehydes is 1. The third-order valence-electron chi connectivity index (χ3n) is 2.14. The second-order valence-corrected chi connectivity index (χ2v) is 3.40. The van der Waals surface area contributed by atoms with E-state index in [4.69, 9.17) is 24.4 Å². The molecule has 0 aliphatic carbocycles. The van der Waals surface area contributed by atoms with E-state index in [9.17, 15) is 4.79 Å².